The van der Waals surface area contributed by atoms with E-state index in [2.05, 4.69) is 32.3 Å². The minimum atomic E-state index is -0.202. The third-order valence-corrected chi connectivity index (χ3v) is 6.63. The number of nitrogens with zero attached hydrogens (tertiary/aromatic N) is 6. The predicted molar refractivity (Wildman–Crippen MR) is 108 cm³/mol. The van der Waals surface area contributed by atoms with Crippen LogP contribution in [-0.4, -0.2) is 67.9 Å². The van der Waals surface area contributed by atoms with Crippen LogP contribution < -0.4 is 4.90 Å². The fourth-order valence-corrected chi connectivity index (χ4v) is 4.99. The van der Waals surface area contributed by atoms with Crippen molar-refractivity contribution < 1.29 is 5.11 Å². The normalized spacial score (nSPS) is 25.6. The van der Waals surface area contributed by atoms with E-state index in [4.69, 9.17) is 11.6 Å². The Morgan fingerprint density at radius 1 is 1.04 bits per heavy atom. The van der Waals surface area contributed by atoms with E-state index in [0.29, 0.717) is 12.1 Å². The van der Waals surface area contributed by atoms with E-state index in [1.54, 1.807) is 0 Å². The van der Waals surface area contributed by atoms with Crippen molar-refractivity contribution >= 4 is 28.2 Å². The molecule has 2 saturated heterocycles. The number of piperazine rings is 1. The molecule has 1 N–H and O–H groups in total. The molecule has 28 heavy (non-hydrogen) atoms. The zero-order valence-corrected chi connectivity index (χ0v) is 16.3. The minimum absolute atomic E-state index is 0.202. The molecule has 6 rings (SSSR count). The number of anilines is 1. The van der Waals surface area contributed by atoms with Gasteiger partial charge in [-0.15, -0.1) is 0 Å². The van der Waals surface area contributed by atoms with Gasteiger partial charge in [-0.3, -0.25) is 9.58 Å². The summed E-state index contributed by atoms with van der Waals surface area (Å²) in [7, 11) is 0. The molecule has 3 aromatic rings. The van der Waals surface area contributed by atoms with Gasteiger partial charge in [0.15, 0.2) is 0 Å². The lowest BCUT2D eigenvalue weighted by Gasteiger charge is -2.39. The molecule has 4 heterocycles. The summed E-state index contributed by atoms with van der Waals surface area (Å²) in [6.45, 7) is 3.57. The summed E-state index contributed by atoms with van der Waals surface area (Å²) in [5, 5.41) is 20.9. The average Bonchev–Trinajstić information content (AvgIpc) is 3.10. The van der Waals surface area contributed by atoms with Crippen molar-refractivity contribution in [1.29, 1.82) is 0 Å². The highest BCUT2D eigenvalue weighted by atomic mass is 35.5. The Labute approximate surface area is 168 Å². The Hall–Kier alpha value is -2.09. The summed E-state index contributed by atoms with van der Waals surface area (Å²) >= 11 is 6.66. The number of fused-ring (bicyclic) bond motifs is 2. The van der Waals surface area contributed by atoms with Crippen molar-refractivity contribution in [3.63, 3.8) is 0 Å². The molecule has 2 unspecified atom stereocenters. The molecule has 7 nitrogen and oxygen atoms in total. The molecular formula is C20H23ClN6O. The van der Waals surface area contributed by atoms with Crippen molar-refractivity contribution in [2.45, 2.75) is 37.5 Å². The van der Waals surface area contributed by atoms with E-state index in [-0.39, 0.29) is 6.10 Å². The van der Waals surface area contributed by atoms with Crippen LogP contribution in [0.1, 0.15) is 25.3 Å². The predicted octanol–water partition coefficient (Wildman–Crippen LogP) is 2.47. The Morgan fingerprint density at radius 2 is 1.93 bits per heavy atom. The van der Waals surface area contributed by atoms with Gasteiger partial charge < -0.3 is 10.0 Å². The van der Waals surface area contributed by atoms with Crippen molar-refractivity contribution in [2.75, 3.05) is 31.1 Å². The van der Waals surface area contributed by atoms with Gasteiger partial charge in [0.2, 0.25) is 0 Å². The molecule has 2 atom stereocenters. The topological polar surface area (TPSA) is 62.4 Å². The molecule has 3 aliphatic rings. The van der Waals surface area contributed by atoms with Crippen LogP contribution in [0.5, 0.6) is 0 Å². The van der Waals surface area contributed by atoms with E-state index in [0.717, 1.165) is 59.9 Å². The molecule has 1 aromatic carbocycles. The molecule has 0 amide bonds. The molecule has 0 spiro atoms. The SMILES string of the molecule is OC1CC2CN(c3cc4c(cnn4-c4cnn(C5CC5)c4)cc3Cl)CCN2C1. The van der Waals surface area contributed by atoms with Gasteiger partial charge in [-0.25, -0.2) is 4.68 Å². The maximum Gasteiger partial charge on any atom is 0.103 e. The first kappa shape index (κ1) is 16.8. The number of hydrogen-bond acceptors (Lipinski definition) is 5. The molecule has 1 saturated carbocycles. The summed E-state index contributed by atoms with van der Waals surface area (Å²) in [4.78, 5) is 4.75. The van der Waals surface area contributed by atoms with Gasteiger partial charge in [-0.2, -0.15) is 10.2 Å². The van der Waals surface area contributed by atoms with E-state index >= 15 is 0 Å². The summed E-state index contributed by atoms with van der Waals surface area (Å²) in [6, 6.07) is 5.12. The zero-order valence-electron chi connectivity index (χ0n) is 15.6. The molecular weight excluding hydrogens is 376 g/mol. The first-order valence-electron chi connectivity index (χ1n) is 10.0. The lowest BCUT2D eigenvalue weighted by molar-refractivity contribution is 0.173. The average molecular weight is 399 g/mol. The van der Waals surface area contributed by atoms with E-state index in [1.165, 1.54) is 12.8 Å². The highest BCUT2D eigenvalue weighted by Gasteiger charge is 2.35. The third-order valence-electron chi connectivity index (χ3n) is 6.32. The van der Waals surface area contributed by atoms with Gasteiger partial charge in [0.1, 0.15) is 5.69 Å². The second-order valence-electron chi connectivity index (χ2n) is 8.31. The van der Waals surface area contributed by atoms with E-state index in [9.17, 15) is 5.11 Å². The quantitative estimate of drug-likeness (QED) is 0.734. The van der Waals surface area contributed by atoms with Crippen molar-refractivity contribution in [1.82, 2.24) is 24.5 Å². The van der Waals surface area contributed by atoms with Gasteiger partial charge in [-0.1, -0.05) is 11.6 Å². The van der Waals surface area contributed by atoms with E-state index < -0.39 is 0 Å². The van der Waals surface area contributed by atoms with Crippen LogP contribution in [0.2, 0.25) is 5.02 Å². The molecule has 1 aliphatic carbocycles. The van der Waals surface area contributed by atoms with Crippen LogP contribution >= 0.6 is 11.6 Å². The van der Waals surface area contributed by atoms with Crippen molar-refractivity contribution in [3.8, 4) is 5.69 Å². The first-order chi connectivity index (χ1) is 13.7. The molecule has 8 heteroatoms. The number of halogens is 1. The fourth-order valence-electron chi connectivity index (χ4n) is 4.69. The number of aliphatic hydroxyl groups excluding tert-OH is 1. The third kappa shape index (κ3) is 2.72. The number of rotatable bonds is 3. The number of benzene rings is 1. The molecule has 0 bridgehead atoms. The lowest BCUT2D eigenvalue weighted by atomic mass is 10.1. The maximum atomic E-state index is 9.99. The van der Waals surface area contributed by atoms with E-state index in [1.807, 2.05) is 27.8 Å². The van der Waals surface area contributed by atoms with Gasteiger partial charge in [0.25, 0.3) is 0 Å². The molecule has 2 aromatic heterocycles. The van der Waals surface area contributed by atoms with Crippen molar-refractivity contribution in [3.05, 3.63) is 35.7 Å². The standard InChI is InChI=1S/C20H23ClN6O/c21-18-5-13-8-23-27(16-9-22-26(11-16)14-1-2-14)19(13)7-20(18)25-4-3-24-12-17(28)6-15(24)10-25/h5,7-9,11,14-15,17,28H,1-4,6,10,12H2. The Balaban J connectivity index is 1.36. The number of aliphatic hydroxyl groups is 1. The highest BCUT2D eigenvalue weighted by Crippen LogP contribution is 2.36. The maximum absolute atomic E-state index is 9.99. The number of hydrogen-bond donors (Lipinski definition) is 1. The molecule has 0 radical (unpaired) electrons. The van der Waals surface area contributed by atoms with Gasteiger partial charge in [0, 0.05) is 37.6 Å². The fraction of sp³-hybridized carbons (Fsp3) is 0.500. The first-order valence-corrected chi connectivity index (χ1v) is 10.4. The largest absolute Gasteiger partial charge is 0.392 e. The Kier molecular flexibility index (Phi) is 3.73. The van der Waals surface area contributed by atoms with Crippen molar-refractivity contribution in [2.24, 2.45) is 0 Å². The van der Waals surface area contributed by atoms with Crippen LogP contribution in [0.15, 0.2) is 30.7 Å². The lowest BCUT2D eigenvalue weighted by Crippen LogP contribution is -2.50. The summed E-state index contributed by atoms with van der Waals surface area (Å²) in [5.41, 5.74) is 3.08. The van der Waals surface area contributed by atoms with Crippen LogP contribution in [0, 0.1) is 0 Å². The minimum Gasteiger partial charge on any atom is -0.392 e. The van der Waals surface area contributed by atoms with Crippen LogP contribution in [0.25, 0.3) is 16.6 Å². The monoisotopic (exact) mass is 398 g/mol. The highest BCUT2D eigenvalue weighted by molar-refractivity contribution is 6.34. The Bertz CT molecular complexity index is 1040. The zero-order chi connectivity index (χ0) is 18.8. The van der Waals surface area contributed by atoms with Gasteiger partial charge in [-0.05, 0) is 31.4 Å². The second-order valence-corrected chi connectivity index (χ2v) is 8.72. The summed E-state index contributed by atoms with van der Waals surface area (Å²) in [5.74, 6) is 0. The van der Waals surface area contributed by atoms with Gasteiger partial charge in [0.05, 0.1) is 47.0 Å². The smallest absolute Gasteiger partial charge is 0.103 e. The summed E-state index contributed by atoms with van der Waals surface area (Å²) in [6.07, 6.45) is 8.90. The summed E-state index contributed by atoms with van der Waals surface area (Å²) < 4.78 is 4.00. The second kappa shape index (κ2) is 6.20. The van der Waals surface area contributed by atoms with Crippen LogP contribution in [-0.2, 0) is 0 Å². The van der Waals surface area contributed by atoms with Crippen LogP contribution in [0.4, 0.5) is 5.69 Å². The van der Waals surface area contributed by atoms with Gasteiger partial charge >= 0.3 is 0 Å². The molecule has 146 valence electrons. The molecule has 2 aliphatic heterocycles. The number of aromatic nitrogens is 4. The Morgan fingerprint density at radius 3 is 2.79 bits per heavy atom. The molecule has 3 fully saturated rings. The van der Waals surface area contributed by atoms with Crippen LogP contribution in [0.3, 0.4) is 0 Å².